The highest BCUT2D eigenvalue weighted by molar-refractivity contribution is 7.98. The quantitative estimate of drug-likeness (QED) is 0.339. The lowest BCUT2D eigenvalue weighted by Crippen LogP contribution is -1.98. The van der Waals surface area contributed by atoms with Crippen molar-refractivity contribution in [2.24, 2.45) is 0 Å². The topological polar surface area (TPSA) is 69.4 Å². The number of hydrogen-bond acceptors (Lipinski definition) is 6. The molecule has 3 heterocycles. The number of para-hydroxylation sites is 3. The van der Waals surface area contributed by atoms with Gasteiger partial charge in [-0.1, -0.05) is 42.1 Å². The number of aromatic nitrogens is 6. The van der Waals surface area contributed by atoms with Crippen molar-refractivity contribution in [3.8, 4) is 5.69 Å². The molecule has 7 heteroatoms. The Morgan fingerprint density at radius 1 is 0.893 bits per heavy atom. The van der Waals surface area contributed by atoms with E-state index in [0.29, 0.717) is 5.75 Å². The monoisotopic (exact) mass is 384 g/mol. The van der Waals surface area contributed by atoms with Crippen LogP contribution < -0.4 is 0 Å². The fourth-order valence-electron chi connectivity index (χ4n) is 3.09. The van der Waals surface area contributed by atoms with Crippen molar-refractivity contribution in [2.45, 2.75) is 17.7 Å². The fourth-order valence-corrected chi connectivity index (χ4v) is 4.06. The van der Waals surface area contributed by atoms with Crippen LogP contribution in [0.5, 0.6) is 0 Å². The van der Waals surface area contributed by atoms with E-state index in [1.165, 1.54) is 0 Å². The van der Waals surface area contributed by atoms with Crippen molar-refractivity contribution in [1.82, 2.24) is 29.7 Å². The maximum atomic E-state index is 4.78. The van der Waals surface area contributed by atoms with Gasteiger partial charge in [0.1, 0.15) is 11.4 Å². The highest BCUT2D eigenvalue weighted by atomic mass is 32.2. The van der Waals surface area contributed by atoms with Crippen LogP contribution in [0.3, 0.4) is 0 Å². The minimum absolute atomic E-state index is 0.687. The van der Waals surface area contributed by atoms with E-state index in [1.54, 1.807) is 18.1 Å². The Balaban J connectivity index is 1.48. The molecular formula is C21H16N6S. The van der Waals surface area contributed by atoms with E-state index in [2.05, 4.69) is 20.1 Å². The third-order valence-corrected chi connectivity index (χ3v) is 5.54. The van der Waals surface area contributed by atoms with Crippen molar-refractivity contribution in [3.63, 3.8) is 0 Å². The molecule has 2 aromatic carbocycles. The van der Waals surface area contributed by atoms with Crippen LogP contribution >= 0.6 is 11.8 Å². The summed E-state index contributed by atoms with van der Waals surface area (Å²) in [6, 6.07) is 17.9. The highest BCUT2D eigenvalue weighted by Crippen LogP contribution is 2.28. The van der Waals surface area contributed by atoms with Crippen LogP contribution in [0, 0.1) is 6.92 Å². The first-order chi connectivity index (χ1) is 13.8. The van der Waals surface area contributed by atoms with Crippen LogP contribution in [0.4, 0.5) is 0 Å². The second-order valence-electron chi connectivity index (χ2n) is 6.34. The average molecular weight is 384 g/mol. The van der Waals surface area contributed by atoms with Gasteiger partial charge in [0.15, 0.2) is 5.65 Å². The summed E-state index contributed by atoms with van der Waals surface area (Å²) >= 11 is 1.63. The molecule has 0 bridgehead atoms. The number of aryl methyl sites for hydroxylation is 1. The van der Waals surface area contributed by atoms with E-state index in [1.807, 2.05) is 72.4 Å². The molecule has 0 radical (unpaired) electrons. The molecule has 28 heavy (non-hydrogen) atoms. The van der Waals surface area contributed by atoms with Crippen molar-refractivity contribution >= 4 is 33.8 Å². The molecule has 0 N–H and O–H groups in total. The molecule has 0 aliphatic heterocycles. The average Bonchev–Trinajstić information content (AvgIpc) is 3.18. The second kappa shape index (κ2) is 7.01. The van der Waals surface area contributed by atoms with E-state index in [9.17, 15) is 0 Å². The molecule has 0 saturated carbocycles. The summed E-state index contributed by atoms with van der Waals surface area (Å²) in [6.07, 6.45) is 3.41. The van der Waals surface area contributed by atoms with Gasteiger partial charge >= 0.3 is 0 Å². The second-order valence-corrected chi connectivity index (χ2v) is 7.31. The summed E-state index contributed by atoms with van der Waals surface area (Å²) < 4.78 is 1.84. The van der Waals surface area contributed by atoms with Crippen LogP contribution in [-0.2, 0) is 5.75 Å². The van der Waals surface area contributed by atoms with Crippen molar-refractivity contribution in [2.75, 3.05) is 0 Å². The number of fused-ring (bicyclic) bond motifs is 2. The largest absolute Gasteiger partial charge is 0.250 e. The van der Waals surface area contributed by atoms with Crippen molar-refractivity contribution < 1.29 is 0 Å². The predicted octanol–water partition coefficient (Wildman–Crippen LogP) is 4.36. The van der Waals surface area contributed by atoms with Crippen LogP contribution in [0.1, 0.15) is 11.4 Å². The maximum Gasteiger partial charge on any atom is 0.167 e. The molecule has 0 fully saturated rings. The summed E-state index contributed by atoms with van der Waals surface area (Å²) in [5.74, 6) is 0.687. The summed E-state index contributed by atoms with van der Waals surface area (Å²) in [4.78, 5) is 18.4. The van der Waals surface area contributed by atoms with E-state index in [0.717, 1.165) is 44.2 Å². The van der Waals surface area contributed by atoms with E-state index >= 15 is 0 Å². The Bertz CT molecular complexity index is 1280. The third-order valence-electron chi connectivity index (χ3n) is 4.52. The molecule has 5 rings (SSSR count). The Kier molecular flexibility index (Phi) is 4.21. The molecule has 136 valence electrons. The molecule has 0 aliphatic rings. The zero-order chi connectivity index (χ0) is 18.9. The fraction of sp³-hybridized carbons (Fsp3) is 0.0952. The molecule has 0 saturated heterocycles. The first-order valence-electron chi connectivity index (χ1n) is 8.89. The summed E-state index contributed by atoms with van der Waals surface area (Å²) in [5, 5.41) is 6.34. The zero-order valence-electron chi connectivity index (χ0n) is 15.1. The van der Waals surface area contributed by atoms with Crippen molar-refractivity contribution in [3.05, 3.63) is 78.5 Å². The minimum atomic E-state index is 0.687. The van der Waals surface area contributed by atoms with Gasteiger partial charge in [-0.05, 0) is 31.2 Å². The van der Waals surface area contributed by atoms with Gasteiger partial charge in [0, 0.05) is 5.75 Å². The van der Waals surface area contributed by atoms with Crippen LogP contribution in [0.2, 0.25) is 0 Å². The molecule has 6 nitrogen and oxygen atoms in total. The first-order valence-corrected chi connectivity index (χ1v) is 9.87. The van der Waals surface area contributed by atoms with E-state index in [4.69, 9.17) is 4.98 Å². The lowest BCUT2D eigenvalue weighted by atomic mass is 10.2. The number of hydrogen-bond donors (Lipinski definition) is 0. The van der Waals surface area contributed by atoms with Gasteiger partial charge in [-0.3, -0.25) is 0 Å². The Hall–Kier alpha value is -3.32. The van der Waals surface area contributed by atoms with Gasteiger partial charge in [0.2, 0.25) is 0 Å². The molecule has 5 aromatic rings. The number of thioether (sulfide) groups is 1. The minimum Gasteiger partial charge on any atom is -0.250 e. The normalized spacial score (nSPS) is 11.3. The summed E-state index contributed by atoms with van der Waals surface area (Å²) in [6.45, 7) is 2.00. The molecule has 0 aliphatic carbocycles. The Morgan fingerprint density at radius 3 is 2.46 bits per heavy atom. The lowest BCUT2D eigenvalue weighted by molar-refractivity contribution is 0.893. The third kappa shape index (κ3) is 2.99. The number of rotatable bonds is 4. The Morgan fingerprint density at radius 2 is 1.64 bits per heavy atom. The summed E-state index contributed by atoms with van der Waals surface area (Å²) in [5.41, 5.74) is 5.51. The van der Waals surface area contributed by atoms with Gasteiger partial charge in [0.05, 0.1) is 39.7 Å². The van der Waals surface area contributed by atoms with E-state index in [-0.39, 0.29) is 0 Å². The van der Waals surface area contributed by atoms with Crippen LogP contribution in [0.25, 0.3) is 27.8 Å². The van der Waals surface area contributed by atoms with Gasteiger partial charge in [0.25, 0.3) is 0 Å². The lowest BCUT2D eigenvalue weighted by Gasteiger charge is -2.07. The van der Waals surface area contributed by atoms with Crippen LogP contribution in [0.15, 0.2) is 72.1 Å². The molecular weight excluding hydrogens is 368 g/mol. The van der Waals surface area contributed by atoms with Gasteiger partial charge in [-0.25, -0.2) is 24.6 Å². The van der Waals surface area contributed by atoms with E-state index < -0.39 is 0 Å². The van der Waals surface area contributed by atoms with Gasteiger partial charge in [-0.15, -0.1) is 0 Å². The maximum absolute atomic E-state index is 4.78. The molecule has 0 atom stereocenters. The molecule has 0 spiro atoms. The highest BCUT2D eigenvalue weighted by Gasteiger charge is 2.13. The smallest absolute Gasteiger partial charge is 0.167 e. The zero-order valence-corrected chi connectivity index (χ0v) is 16.0. The Labute approximate surface area is 165 Å². The molecule has 0 amide bonds. The van der Waals surface area contributed by atoms with Crippen LogP contribution in [-0.4, -0.2) is 29.7 Å². The number of nitrogens with zero attached hydrogens (tertiary/aromatic N) is 6. The SMILES string of the molecule is Cc1nc2ccccc2nc1CSc1ncnc2c1cnn2-c1ccccc1. The van der Waals surface area contributed by atoms with Gasteiger partial charge in [-0.2, -0.15) is 5.10 Å². The standard InChI is InChI=1S/C21H16N6S/c1-14-19(26-18-10-6-5-9-17(18)25-14)12-28-21-16-11-24-27(20(16)22-13-23-21)15-7-3-2-4-8-15/h2-11,13H,12H2,1H3. The van der Waals surface area contributed by atoms with Crippen molar-refractivity contribution in [1.29, 1.82) is 0 Å². The molecule has 0 unspecified atom stereocenters. The first kappa shape index (κ1) is 16.8. The molecule has 3 aromatic heterocycles. The van der Waals surface area contributed by atoms with Gasteiger partial charge < -0.3 is 0 Å². The predicted molar refractivity (Wildman–Crippen MR) is 110 cm³/mol. The summed E-state index contributed by atoms with van der Waals surface area (Å²) in [7, 11) is 0. The number of benzene rings is 2.